The van der Waals surface area contributed by atoms with Gasteiger partial charge in [-0.15, -0.1) is 5.10 Å². The molecule has 118 valence electrons. The number of amides is 1. The molecule has 0 fully saturated rings. The van der Waals surface area contributed by atoms with Crippen LogP contribution in [0.1, 0.15) is 17.4 Å². The van der Waals surface area contributed by atoms with Crippen LogP contribution in [-0.2, 0) is 6.54 Å². The molecule has 1 N–H and O–H groups in total. The number of aromatic nitrogens is 5. The quantitative estimate of drug-likeness (QED) is 0.749. The van der Waals surface area contributed by atoms with Gasteiger partial charge in [0.15, 0.2) is 5.69 Å². The Labute approximate surface area is 133 Å². The van der Waals surface area contributed by atoms with E-state index in [0.29, 0.717) is 12.2 Å². The number of benzene rings is 1. The lowest BCUT2D eigenvalue weighted by Crippen LogP contribution is -2.30. The van der Waals surface area contributed by atoms with E-state index in [0.717, 1.165) is 12.2 Å². The normalized spacial score (nSPS) is 12.0. The van der Waals surface area contributed by atoms with Crippen LogP contribution >= 0.6 is 0 Å². The molecule has 0 aliphatic rings. The maximum atomic E-state index is 12.1. The minimum atomic E-state index is -0.223. The van der Waals surface area contributed by atoms with Crippen LogP contribution in [0.15, 0.2) is 55.0 Å². The lowest BCUT2D eigenvalue weighted by Gasteiger charge is -2.11. The largest absolute Gasteiger partial charge is 0.350 e. The highest BCUT2D eigenvalue weighted by molar-refractivity contribution is 5.91. The third-order valence-corrected chi connectivity index (χ3v) is 3.42. The molecule has 0 unspecified atom stereocenters. The van der Waals surface area contributed by atoms with Crippen molar-refractivity contribution in [1.82, 2.24) is 30.1 Å². The molecule has 2 aromatic heterocycles. The van der Waals surface area contributed by atoms with E-state index in [1.807, 2.05) is 47.3 Å². The first-order valence-electron chi connectivity index (χ1n) is 7.46. The first-order chi connectivity index (χ1) is 11.2. The first-order valence-corrected chi connectivity index (χ1v) is 7.46. The van der Waals surface area contributed by atoms with Crippen molar-refractivity contribution in [1.29, 1.82) is 0 Å². The van der Waals surface area contributed by atoms with E-state index in [-0.39, 0.29) is 11.8 Å². The summed E-state index contributed by atoms with van der Waals surface area (Å²) in [6.45, 7) is 3.36. The predicted molar refractivity (Wildman–Crippen MR) is 85.1 cm³/mol. The molecule has 7 nitrogen and oxygen atoms in total. The minimum Gasteiger partial charge on any atom is -0.350 e. The van der Waals surface area contributed by atoms with Crippen LogP contribution in [0.2, 0.25) is 0 Å². The van der Waals surface area contributed by atoms with E-state index in [1.165, 1.54) is 0 Å². The van der Waals surface area contributed by atoms with E-state index in [9.17, 15) is 4.79 Å². The Balaban J connectivity index is 1.55. The van der Waals surface area contributed by atoms with Crippen LogP contribution in [0, 0.1) is 5.92 Å². The van der Waals surface area contributed by atoms with Gasteiger partial charge >= 0.3 is 0 Å². The summed E-state index contributed by atoms with van der Waals surface area (Å²) in [4.78, 5) is 12.1. The Morgan fingerprint density at radius 1 is 1.26 bits per heavy atom. The fraction of sp³-hybridized carbons (Fsp3) is 0.250. The van der Waals surface area contributed by atoms with Gasteiger partial charge in [0.25, 0.3) is 5.91 Å². The number of hydrogen-bond donors (Lipinski definition) is 1. The second kappa shape index (κ2) is 6.87. The van der Waals surface area contributed by atoms with Crippen LogP contribution in [0.25, 0.3) is 5.69 Å². The highest BCUT2D eigenvalue weighted by Gasteiger charge is 2.13. The molecule has 1 aromatic carbocycles. The Morgan fingerprint density at radius 2 is 2.09 bits per heavy atom. The molecule has 0 saturated carbocycles. The molecule has 1 atom stereocenters. The third kappa shape index (κ3) is 3.82. The van der Waals surface area contributed by atoms with Crippen molar-refractivity contribution in [2.45, 2.75) is 13.5 Å². The fourth-order valence-electron chi connectivity index (χ4n) is 2.22. The summed E-state index contributed by atoms with van der Waals surface area (Å²) in [5.74, 6) is 0.0440. The highest BCUT2D eigenvalue weighted by Crippen LogP contribution is 2.06. The van der Waals surface area contributed by atoms with Gasteiger partial charge in [0.1, 0.15) is 0 Å². The molecule has 0 radical (unpaired) electrons. The first kappa shape index (κ1) is 15.0. The molecule has 1 amide bonds. The lowest BCUT2D eigenvalue weighted by atomic mass is 10.2. The van der Waals surface area contributed by atoms with Crippen LogP contribution in [0.4, 0.5) is 0 Å². The minimum absolute atomic E-state index is 0.223. The highest BCUT2D eigenvalue weighted by atomic mass is 16.2. The van der Waals surface area contributed by atoms with Gasteiger partial charge in [0.2, 0.25) is 0 Å². The number of carbonyl (C=O) groups is 1. The van der Waals surface area contributed by atoms with Gasteiger partial charge in [-0.1, -0.05) is 30.3 Å². The molecule has 0 spiro atoms. The van der Waals surface area contributed by atoms with Gasteiger partial charge in [0, 0.05) is 25.5 Å². The number of nitrogens with one attached hydrogen (secondary N) is 1. The Kier molecular flexibility index (Phi) is 4.46. The molecule has 3 rings (SSSR count). The van der Waals surface area contributed by atoms with Crippen molar-refractivity contribution in [3.05, 3.63) is 60.7 Å². The number of nitrogens with zero attached hydrogens (tertiary/aromatic N) is 5. The smallest absolute Gasteiger partial charge is 0.273 e. The number of rotatable bonds is 6. The van der Waals surface area contributed by atoms with Crippen LogP contribution in [0.3, 0.4) is 0 Å². The van der Waals surface area contributed by atoms with E-state index in [4.69, 9.17) is 0 Å². The van der Waals surface area contributed by atoms with Crippen molar-refractivity contribution < 1.29 is 4.79 Å². The van der Waals surface area contributed by atoms with Crippen molar-refractivity contribution in [3.63, 3.8) is 0 Å². The van der Waals surface area contributed by atoms with E-state index in [2.05, 4.69) is 27.7 Å². The maximum Gasteiger partial charge on any atom is 0.273 e. The molecule has 0 aliphatic heterocycles. The molecule has 0 aliphatic carbocycles. The van der Waals surface area contributed by atoms with E-state index in [1.54, 1.807) is 17.1 Å². The third-order valence-electron chi connectivity index (χ3n) is 3.42. The molecule has 0 saturated heterocycles. The summed E-state index contributed by atoms with van der Waals surface area (Å²) in [6, 6.07) is 11.4. The van der Waals surface area contributed by atoms with Crippen LogP contribution in [0.5, 0.6) is 0 Å². The Bertz CT molecular complexity index is 750. The second-order valence-corrected chi connectivity index (χ2v) is 5.43. The Morgan fingerprint density at radius 3 is 2.83 bits per heavy atom. The molecule has 7 heteroatoms. The number of para-hydroxylation sites is 1. The second-order valence-electron chi connectivity index (χ2n) is 5.43. The van der Waals surface area contributed by atoms with Gasteiger partial charge in [-0.3, -0.25) is 9.48 Å². The van der Waals surface area contributed by atoms with Gasteiger partial charge in [-0.05, 0) is 24.1 Å². The standard InChI is InChI=1S/C16H18N6O/c1-13(11-21-9-5-8-18-21)10-17-16(23)15-12-22(20-19-15)14-6-3-2-4-7-14/h2-9,12-13H,10-11H2,1H3,(H,17,23)/t13-/m0/s1. The molecule has 0 bridgehead atoms. The van der Waals surface area contributed by atoms with E-state index >= 15 is 0 Å². The lowest BCUT2D eigenvalue weighted by molar-refractivity contribution is 0.0941. The molecule has 3 aromatic rings. The zero-order valence-corrected chi connectivity index (χ0v) is 12.8. The fourth-order valence-corrected chi connectivity index (χ4v) is 2.22. The zero-order chi connectivity index (χ0) is 16.1. The van der Waals surface area contributed by atoms with Gasteiger partial charge in [0.05, 0.1) is 11.9 Å². The van der Waals surface area contributed by atoms with Gasteiger partial charge in [-0.2, -0.15) is 5.10 Å². The molecule has 23 heavy (non-hydrogen) atoms. The summed E-state index contributed by atoms with van der Waals surface area (Å²) < 4.78 is 3.44. The summed E-state index contributed by atoms with van der Waals surface area (Å²) in [6.07, 6.45) is 5.28. The Hall–Kier alpha value is -2.96. The average molecular weight is 310 g/mol. The summed E-state index contributed by atoms with van der Waals surface area (Å²) in [5, 5.41) is 15.0. The topological polar surface area (TPSA) is 77.6 Å². The molecule has 2 heterocycles. The van der Waals surface area contributed by atoms with Crippen molar-refractivity contribution in [3.8, 4) is 5.69 Å². The zero-order valence-electron chi connectivity index (χ0n) is 12.8. The summed E-state index contributed by atoms with van der Waals surface area (Å²) in [7, 11) is 0. The maximum absolute atomic E-state index is 12.1. The van der Waals surface area contributed by atoms with Crippen LogP contribution in [-0.4, -0.2) is 37.2 Å². The molecular weight excluding hydrogens is 292 g/mol. The van der Waals surface area contributed by atoms with Crippen molar-refractivity contribution in [2.75, 3.05) is 6.54 Å². The van der Waals surface area contributed by atoms with Crippen molar-refractivity contribution >= 4 is 5.91 Å². The SMILES string of the molecule is C[C@@H](CNC(=O)c1cn(-c2ccccc2)nn1)Cn1cccn1. The predicted octanol–water partition coefficient (Wildman–Crippen LogP) is 1.53. The summed E-state index contributed by atoms with van der Waals surface area (Å²) in [5.41, 5.74) is 1.17. The van der Waals surface area contributed by atoms with Crippen LogP contribution < -0.4 is 5.32 Å². The van der Waals surface area contributed by atoms with E-state index < -0.39 is 0 Å². The molecular formula is C16H18N6O. The monoisotopic (exact) mass is 310 g/mol. The van der Waals surface area contributed by atoms with Gasteiger partial charge in [-0.25, -0.2) is 4.68 Å². The van der Waals surface area contributed by atoms with Gasteiger partial charge < -0.3 is 5.32 Å². The summed E-state index contributed by atoms with van der Waals surface area (Å²) >= 11 is 0. The van der Waals surface area contributed by atoms with Crippen molar-refractivity contribution in [2.24, 2.45) is 5.92 Å². The number of hydrogen-bond acceptors (Lipinski definition) is 4. The number of carbonyl (C=O) groups excluding carboxylic acids is 1. The average Bonchev–Trinajstić information content (AvgIpc) is 3.25.